The molecule has 2 heteroatoms. The highest BCUT2D eigenvalue weighted by Crippen LogP contribution is 2.70. The van der Waals surface area contributed by atoms with Crippen LogP contribution in [0.15, 0.2) is 340 Å². The Hall–Kier alpha value is -15.4. The first-order valence-corrected chi connectivity index (χ1v) is 51.9. The summed E-state index contributed by atoms with van der Waals surface area (Å²) in [6.07, 6.45) is 14.6. The Labute approximate surface area is 822 Å². The molecule has 17 aromatic rings. The fourth-order valence-corrected chi connectivity index (χ4v) is 29.0. The van der Waals surface area contributed by atoms with E-state index >= 15 is 0 Å². The van der Waals surface area contributed by atoms with Crippen molar-refractivity contribution in [3.63, 3.8) is 0 Å². The van der Waals surface area contributed by atoms with Crippen LogP contribution in [0.5, 0.6) is 11.5 Å². The van der Waals surface area contributed by atoms with Gasteiger partial charge in [0.1, 0.15) is 11.5 Å². The van der Waals surface area contributed by atoms with E-state index in [4.69, 9.17) is 9.47 Å². The molecule has 0 N–H and O–H groups in total. The smallest absolute Gasteiger partial charge is 0.119 e. The average molecular weight is 1790 g/mol. The molecule has 2 nitrogen and oxygen atoms in total. The zero-order valence-corrected chi connectivity index (χ0v) is 79.0. The third-order valence-electron chi connectivity index (χ3n) is 34.4. The van der Waals surface area contributed by atoms with E-state index in [0.717, 1.165) is 68.8 Å². The molecule has 0 unspecified atom stereocenters. The van der Waals surface area contributed by atoms with Crippen molar-refractivity contribution >= 4 is 0 Å². The van der Waals surface area contributed by atoms with Crippen LogP contribution in [-0.4, -0.2) is 13.2 Å². The van der Waals surface area contributed by atoms with E-state index in [1.54, 1.807) is 0 Å². The monoisotopic (exact) mass is 1790 g/mol. The lowest BCUT2D eigenvalue weighted by Crippen LogP contribution is -2.35. The lowest BCUT2D eigenvalue weighted by Gasteiger charge is -2.49. The fourth-order valence-electron chi connectivity index (χ4n) is 29.0. The van der Waals surface area contributed by atoms with Crippen LogP contribution in [0.4, 0.5) is 0 Å². The summed E-state index contributed by atoms with van der Waals surface area (Å²) in [5, 5.41) is 0. The second-order valence-electron chi connectivity index (χ2n) is 41.2. The Kier molecular flexibility index (Phi) is 19.0. The van der Waals surface area contributed by atoms with Crippen molar-refractivity contribution in [2.24, 2.45) is 0 Å². The first kappa shape index (κ1) is 81.7. The van der Waals surface area contributed by atoms with Crippen LogP contribution in [0.1, 0.15) is 407 Å². The number of rotatable bonds is 16. The van der Waals surface area contributed by atoms with Crippen molar-refractivity contribution < 1.29 is 9.47 Å². The average Bonchev–Trinajstić information content (AvgIpc) is 0.656. The zero-order valence-electron chi connectivity index (χ0n) is 79.0. The second kappa shape index (κ2) is 32.6. The molecule has 12 bridgehead atoms. The van der Waals surface area contributed by atoms with Gasteiger partial charge in [-0.25, -0.2) is 0 Å². The molecule has 0 fully saturated rings. The molecule has 0 heterocycles. The Balaban J connectivity index is 0.718. The molecule has 0 amide bonds. The van der Waals surface area contributed by atoms with Gasteiger partial charge in [-0.3, -0.25) is 0 Å². The van der Waals surface area contributed by atoms with Crippen LogP contribution in [0.2, 0.25) is 0 Å². The number of unbranched alkanes of at least 4 members (excludes halogenated alkanes) is 10. The molecule has 0 saturated heterocycles. The van der Waals surface area contributed by atoms with Crippen LogP contribution in [0.25, 0.3) is 0 Å². The van der Waals surface area contributed by atoms with Crippen LogP contribution >= 0.6 is 0 Å². The van der Waals surface area contributed by atoms with Crippen molar-refractivity contribution in [3.05, 3.63) is 585 Å². The number of benzene rings is 17. The standard InChI is InChI=1S/C138H102O2/c1-3-5-7-9-11-37-79-139-83-69-63-81(64-70-83)67-73-109-127-115-85-39-13-21-47-93(85)119(94-48-22-14-40-86(94)115)131(127)111(132-120-95-49-23-15-41-87(95)116(128(109)132)88-42-16-24-50-96(88)120)75-77-113-135-123-101-55-29-33-59-105(101)125(106-60-34-30-56-102(106)123)137(135)114(138-126-107-61-35-31-57-103(107)124(136(113)138)104-58-32-36-62-108(104)126)78-76-112-133-121-97-51-25-17-43-89(97)117(90-44-18-26-52-98(90)121)129(133)110(74-68-82-65-71-84(72-66-82)140-80-38-12-10-8-6-4-2)130-118-91-45-19-27-53-99(91)122(134(112)130)100-54-28-20-46-92(100)118/h13-36,39-66,69-72,115-126H,3-12,37-38,79-80H2,1-2H3. The highest BCUT2D eigenvalue weighted by Gasteiger charge is 2.56. The first-order chi connectivity index (χ1) is 69.6. The number of hydrogen-bond donors (Lipinski definition) is 0. The molecular formula is C138H102O2. The SMILES string of the molecule is CCCCCCCCOc1ccc(C#Cc2c3c(c(C#Cc4c5c(c(C#Cc6c7c(c(C#Cc8ccc(OCCCCCCCC)cc8)c8c6C6c9ccccc9C8c8ccccc86)C6c8ccccc8C7c7ccccc76)c6c4C4c7ccccc7C6c6ccccc64)C4c6ccccc6C5c5ccccc54)c4c2C2c5ccccc5C4c4ccccc42)C2c4ccccc4C3c3ccccc32)cc1. The van der Waals surface area contributed by atoms with Gasteiger partial charge in [0.2, 0.25) is 0 Å². The normalized spacial score (nSPS) is 20.0. The predicted octanol–water partition coefficient (Wildman–Crippen LogP) is 30.7. The molecule has 18 aliphatic carbocycles. The topological polar surface area (TPSA) is 18.5 Å². The van der Waals surface area contributed by atoms with Crippen molar-refractivity contribution in [2.75, 3.05) is 13.2 Å². The van der Waals surface area contributed by atoms with Gasteiger partial charge in [0.25, 0.3) is 0 Å². The lowest BCUT2D eigenvalue weighted by molar-refractivity contribution is 0.304. The number of hydrogen-bond acceptors (Lipinski definition) is 2. The molecule has 0 aliphatic heterocycles. The van der Waals surface area contributed by atoms with Gasteiger partial charge < -0.3 is 9.47 Å². The molecule has 17 aromatic carbocycles. The summed E-state index contributed by atoms with van der Waals surface area (Å²) in [4.78, 5) is 0. The van der Waals surface area contributed by atoms with Gasteiger partial charge in [-0.05, 0) is 262 Å². The maximum atomic E-state index is 6.48. The molecule has 0 atom stereocenters. The molecule has 0 aromatic heterocycles. The summed E-state index contributed by atoms with van der Waals surface area (Å²) in [5.41, 5.74) is 57.1. The zero-order chi connectivity index (χ0) is 92.1. The molecule has 18 aliphatic rings. The quantitative estimate of drug-likeness (QED) is 0.0709. The molecule has 666 valence electrons. The van der Waals surface area contributed by atoms with E-state index in [1.165, 1.54) is 264 Å². The maximum Gasteiger partial charge on any atom is 0.119 e. The van der Waals surface area contributed by atoms with Gasteiger partial charge in [-0.15, -0.1) is 0 Å². The molecule has 0 spiro atoms. The highest BCUT2D eigenvalue weighted by molar-refractivity contribution is 5.90. The van der Waals surface area contributed by atoms with Crippen LogP contribution in [0.3, 0.4) is 0 Å². The van der Waals surface area contributed by atoms with Crippen LogP contribution < -0.4 is 9.47 Å². The van der Waals surface area contributed by atoms with Gasteiger partial charge in [0.15, 0.2) is 0 Å². The summed E-state index contributed by atoms with van der Waals surface area (Å²) >= 11 is 0. The Morgan fingerprint density at radius 1 is 0.150 bits per heavy atom. The van der Waals surface area contributed by atoms with Crippen molar-refractivity contribution in [1.29, 1.82) is 0 Å². The van der Waals surface area contributed by atoms with Crippen LogP contribution in [0, 0.1) is 47.4 Å². The predicted molar refractivity (Wildman–Crippen MR) is 563 cm³/mol. The lowest BCUT2D eigenvalue weighted by atomic mass is 9.53. The summed E-state index contributed by atoms with van der Waals surface area (Å²) in [5.74, 6) is 35.1. The minimum atomic E-state index is -0.186. The van der Waals surface area contributed by atoms with E-state index in [1.807, 2.05) is 0 Å². The Bertz CT molecular complexity index is 7300. The highest BCUT2D eigenvalue weighted by atomic mass is 16.5. The van der Waals surface area contributed by atoms with E-state index < -0.39 is 0 Å². The summed E-state index contributed by atoms with van der Waals surface area (Å²) < 4.78 is 13.0. The maximum absolute atomic E-state index is 6.48. The van der Waals surface area contributed by atoms with Crippen LogP contribution in [-0.2, 0) is 0 Å². The molecular weight excluding hydrogens is 1690 g/mol. The van der Waals surface area contributed by atoms with Gasteiger partial charge in [-0.1, -0.05) is 417 Å². The summed E-state index contributed by atoms with van der Waals surface area (Å²) in [6, 6.07) is 131. The van der Waals surface area contributed by atoms with Crippen molar-refractivity contribution in [3.8, 4) is 58.9 Å². The van der Waals surface area contributed by atoms with E-state index in [-0.39, 0.29) is 71.0 Å². The minimum absolute atomic E-state index is 0.116. The third kappa shape index (κ3) is 11.9. The Morgan fingerprint density at radius 2 is 0.279 bits per heavy atom. The molecule has 0 saturated carbocycles. The largest absolute Gasteiger partial charge is 0.494 e. The summed E-state index contributed by atoms with van der Waals surface area (Å²) in [6.45, 7) is 5.99. The first-order valence-electron chi connectivity index (χ1n) is 51.9. The minimum Gasteiger partial charge on any atom is -0.494 e. The third-order valence-corrected chi connectivity index (χ3v) is 34.4. The molecule has 140 heavy (non-hydrogen) atoms. The van der Waals surface area contributed by atoms with E-state index in [0.29, 0.717) is 13.2 Å². The second-order valence-corrected chi connectivity index (χ2v) is 41.2. The molecule has 35 rings (SSSR count). The summed E-state index contributed by atoms with van der Waals surface area (Å²) in [7, 11) is 0. The van der Waals surface area contributed by atoms with Gasteiger partial charge >= 0.3 is 0 Å². The van der Waals surface area contributed by atoms with Gasteiger partial charge in [0.05, 0.1) is 13.2 Å². The Morgan fingerprint density at radius 3 is 0.421 bits per heavy atom. The van der Waals surface area contributed by atoms with Crippen molar-refractivity contribution in [1.82, 2.24) is 0 Å². The fraction of sp³-hybridized carbons (Fsp3) is 0.203. The van der Waals surface area contributed by atoms with Gasteiger partial charge in [-0.2, -0.15) is 0 Å². The van der Waals surface area contributed by atoms with E-state index in [2.05, 4.69) is 401 Å². The molecule has 0 radical (unpaired) electrons. The van der Waals surface area contributed by atoms with Gasteiger partial charge in [0, 0.05) is 116 Å². The number of ether oxygens (including phenoxy) is 2. The van der Waals surface area contributed by atoms with E-state index in [9.17, 15) is 0 Å². The van der Waals surface area contributed by atoms with Crippen molar-refractivity contribution in [2.45, 2.75) is 162 Å².